The number of sulfonamides is 1. The molecule has 0 radical (unpaired) electrons. The van der Waals surface area contributed by atoms with Gasteiger partial charge in [0.25, 0.3) is 5.91 Å². The van der Waals surface area contributed by atoms with E-state index in [0.717, 1.165) is 23.3 Å². The molecule has 180 valence electrons. The van der Waals surface area contributed by atoms with Crippen LogP contribution in [-0.4, -0.2) is 50.9 Å². The summed E-state index contributed by atoms with van der Waals surface area (Å²) < 4.78 is 46.4. The molecule has 2 unspecified atom stereocenters. The minimum atomic E-state index is -3.95. The fourth-order valence-corrected chi connectivity index (χ4v) is 5.70. The van der Waals surface area contributed by atoms with Crippen LogP contribution < -0.4 is 14.8 Å². The van der Waals surface area contributed by atoms with Gasteiger partial charge in [0.2, 0.25) is 15.9 Å². The van der Waals surface area contributed by atoms with Gasteiger partial charge in [-0.2, -0.15) is 0 Å². The van der Waals surface area contributed by atoms with Crippen molar-refractivity contribution in [2.45, 2.75) is 23.4 Å². The lowest BCUT2D eigenvalue weighted by Gasteiger charge is -2.20. The van der Waals surface area contributed by atoms with E-state index in [1.807, 2.05) is 30.3 Å². The molecule has 0 spiro atoms. The molecule has 0 saturated carbocycles. The Morgan fingerprint density at radius 3 is 2.37 bits per heavy atom. The Kier molecular flexibility index (Phi) is 5.78. The SMILES string of the molecule is COc1ccc(-c2ccc3c(c2)C(=O)N2CC(NS(=O)(=O)c4ccc(F)cc4)CC2C(=O)N3)cc1. The topological polar surface area (TPSA) is 105 Å². The van der Waals surface area contributed by atoms with Gasteiger partial charge in [-0.1, -0.05) is 18.2 Å². The van der Waals surface area contributed by atoms with Crippen LogP contribution in [0.4, 0.5) is 10.1 Å². The highest BCUT2D eigenvalue weighted by atomic mass is 32.2. The van der Waals surface area contributed by atoms with Gasteiger partial charge < -0.3 is 15.0 Å². The molecule has 3 aromatic rings. The zero-order valence-corrected chi connectivity index (χ0v) is 19.5. The van der Waals surface area contributed by atoms with E-state index in [4.69, 9.17) is 4.74 Å². The molecule has 1 fully saturated rings. The maximum Gasteiger partial charge on any atom is 0.256 e. The molecule has 2 aliphatic rings. The van der Waals surface area contributed by atoms with Crippen LogP contribution in [0, 0.1) is 5.82 Å². The quantitative estimate of drug-likeness (QED) is 0.566. The molecule has 2 aliphatic heterocycles. The number of rotatable bonds is 5. The number of carbonyl (C=O) groups is 2. The molecule has 2 amide bonds. The normalized spacial score (nSPS) is 19.5. The van der Waals surface area contributed by atoms with Crippen molar-refractivity contribution in [1.82, 2.24) is 9.62 Å². The third-order valence-electron chi connectivity index (χ3n) is 6.24. The summed E-state index contributed by atoms with van der Waals surface area (Å²) in [6.45, 7) is 0.0313. The van der Waals surface area contributed by atoms with Crippen LogP contribution >= 0.6 is 0 Å². The summed E-state index contributed by atoms with van der Waals surface area (Å²) in [6.07, 6.45) is 0.122. The Morgan fingerprint density at radius 1 is 1.00 bits per heavy atom. The van der Waals surface area contributed by atoms with Crippen molar-refractivity contribution in [1.29, 1.82) is 0 Å². The molecular formula is C25H22FN3O5S. The van der Waals surface area contributed by atoms with Crippen LogP contribution in [0.15, 0.2) is 71.6 Å². The summed E-state index contributed by atoms with van der Waals surface area (Å²) >= 11 is 0. The van der Waals surface area contributed by atoms with Crippen LogP contribution in [0.5, 0.6) is 5.75 Å². The van der Waals surface area contributed by atoms with Crippen LogP contribution in [0.25, 0.3) is 11.1 Å². The summed E-state index contributed by atoms with van der Waals surface area (Å²) in [5, 5.41) is 2.80. The van der Waals surface area contributed by atoms with Gasteiger partial charge in [0.15, 0.2) is 0 Å². The molecule has 35 heavy (non-hydrogen) atoms. The number of halogens is 1. The van der Waals surface area contributed by atoms with Gasteiger partial charge in [0, 0.05) is 12.6 Å². The van der Waals surface area contributed by atoms with Gasteiger partial charge in [0.05, 0.1) is 23.3 Å². The molecule has 0 aromatic heterocycles. The van der Waals surface area contributed by atoms with Crippen molar-refractivity contribution in [2.75, 3.05) is 19.0 Å². The Balaban J connectivity index is 1.40. The van der Waals surface area contributed by atoms with Gasteiger partial charge in [0.1, 0.15) is 17.6 Å². The second-order valence-corrected chi connectivity index (χ2v) is 10.2. The van der Waals surface area contributed by atoms with Crippen molar-refractivity contribution in [2.24, 2.45) is 0 Å². The lowest BCUT2D eigenvalue weighted by molar-refractivity contribution is -0.119. The van der Waals surface area contributed by atoms with Gasteiger partial charge >= 0.3 is 0 Å². The highest BCUT2D eigenvalue weighted by Crippen LogP contribution is 2.33. The summed E-state index contributed by atoms with van der Waals surface area (Å²) in [4.78, 5) is 27.7. The Hall–Kier alpha value is -3.76. The minimum Gasteiger partial charge on any atom is -0.497 e. The summed E-state index contributed by atoms with van der Waals surface area (Å²) in [6, 6.07) is 15.6. The van der Waals surface area contributed by atoms with Crippen LogP contribution in [-0.2, 0) is 14.8 Å². The lowest BCUT2D eigenvalue weighted by Crippen LogP contribution is -2.41. The number of anilines is 1. The van der Waals surface area contributed by atoms with E-state index in [1.165, 1.54) is 17.0 Å². The number of fused-ring (bicyclic) bond motifs is 2. The fraction of sp³-hybridized carbons (Fsp3) is 0.200. The Bertz CT molecular complexity index is 1410. The first kappa shape index (κ1) is 23.0. The number of amides is 2. The summed E-state index contributed by atoms with van der Waals surface area (Å²) in [5.41, 5.74) is 2.41. The smallest absolute Gasteiger partial charge is 0.256 e. The molecule has 3 aromatic carbocycles. The number of nitrogens with zero attached hydrogens (tertiary/aromatic N) is 1. The zero-order chi connectivity index (χ0) is 24.7. The second-order valence-electron chi connectivity index (χ2n) is 8.46. The van der Waals surface area contributed by atoms with E-state index >= 15 is 0 Å². The van der Waals surface area contributed by atoms with Crippen molar-refractivity contribution < 1.29 is 27.1 Å². The predicted molar refractivity (Wildman–Crippen MR) is 127 cm³/mol. The molecule has 0 aliphatic carbocycles. The molecule has 5 rings (SSSR count). The predicted octanol–water partition coefficient (Wildman–Crippen LogP) is 3.02. The highest BCUT2D eigenvalue weighted by Gasteiger charge is 2.44. The number of hydrogen-bond donors (Lipinski definition) is 2. The molecule has 0 bridgehead atoms. The van der Waals surface area contributed by atoms with E-state index < -0.39 is 27.9 Å². The van der Waals surface area contributed by atoms with Gasteiger partial charge in [-0.25, -0.2) is 17.5 Å². The van der Waals surface area contributed by atoms with Gasteiger partial charge in [-0.05, 0) is 66.1 Å². The Morgan fingerprint density at radius 2 is 1.69 bits per heavy atom. The molecular weight excluding hydrogens is 473 g/mol. The number of carbonyl (C=O) groups excluding carboxylic acids is 2. The molecule has 2 N–H and O–H groups in total. The van der Waals surface area contributed by atoms with E-state index in [9.17, 15) is 22.4 Å². The first-order valence-corrected chi connectivity index (χ1v) is 12.4. The summed E-state index contributed by atoms with van der Waals surface area (Å²) in [7, 11) is -2.37. The maximum absolute atomic E-state index is 13.5. The zero-order valence-electron chi connectivity index (χ0n) is 18.7. The number of nitrogens with one attached hydrogen (secondary N) is 2. The highest BCUT2D eigenvalue weighted by molar-refractivity contribution is 7.89. The van der Waals surface area contributed by atoms with Crippen LogP contribution in [0.2, 0.25) is 0 Å². The monoisotopic (exact) mass is 495 g/mol. The first-order chi connectivity index (χ1) is 16.7. The van der Waals surface area contributed by atoms with Crippen LogP contribution in [0.3, 0.4) is 0 Å². The number of hydrogen-bond acceptors (Lipinski definition) is 5. The molecule has 2 heterocycles. The summed E-state index contributed by atoms with van der Waals surface area (Å²) in [5.74, 6) is -0.575. The fourth-order valence-electron chi connectivity index (χ4n) is 4.46. The number of ether oxygens (including phenoxy) is 1. The third-order valence-corrected chi connectivity index (χ3v) is 7.78. The van der Waals surface area contributed by atoms with Crippen molar-refractivity contribution in [3.63, 3.8) is 0 Å². The average Bonchev–Trinajstić information content (AvgIpc) is 3.24. The van der Waals surface area contributed by atoms with E-state index in [2.05, 4.69) is 10.0 Å². The van der Waals surface area contributed by atoms with Gasteiger partial charge in [-0.15, -0.1) is 0 Å². The molecule has 2 atom stereocenters. The Labute approximate surface area is 201 Å². The minimum absolute atomic E-state index is 0.0313. The number of methoxy groups -OCH3 is 1. The van der Waals surface area contributed by atoms with E-state index in [0.29, 0.717) is 17.0 Å². The maximum atomic E-state index is 13.5. The van der Waals surface area contributed by atoms with Crippen LogP contribution in [0.1, 0.15) is 16.8 Å². The standard InChI is InChI=1S/C25H22FN3O5S/c1-34-19-7-2-15(3-8-19)16-4-11-22-21(12-16)25(31)29-14-18(13-23(29)24(30)27-22)28-35(32,33)20-9-5-17(26)6-10-20/h2-12,18,23,28H,13-14H2,1H3,(H,27,30). The van der Waals surface area contributed by atoms with Crippen molar-refractivity contribution in [3.05, 3.63) is 78.1 Å². The first-order valence-electron chi connectivity index (χ1n) is 10.9. The molecule has 10 heteroatoms. The third kappa shape index (κ3) is 4.38. The van der Waals surface area contributed by atoms with Crippen molar-refractivity contribution in [3.8, 4) is 16.9 Å². The second kappa shape index (κ2) is 8.79. The molecule has 8 nitrogen and oxygen atoms in total. The average molecular weight is 496 g/mol. The number of benzene rings is 3. The molecule has 1 saturated heterocycles. The van der Waals surface area contributed by atoms with Crippen molar-refractivity contribution >= 4 is 27.5 Å². The van der Waals surface area contributed by atoms with E-state index in [-0.39, 0.29) is 29.7 Å². The largest absolute Gasteiger partial charge is 0.497 e. The van der Waals surface area contributed by atoms with Gasteiger partial charge in [-0.3, -0.25) is 9.59 Å². The van der Waals surface area contributed by atoms with E-state index in [1.54, 1.807) is 19.2 Å². The lowest BCUT2D eigenvalue weighted by atomic mass is 10.0.